The second-order valence-corrected chi connectivity index (χ2v) is 7.21. The molecule has 92 valence electrons. The summed E-state index contributed by atoms with van der Waals surface area (Å²) >= 11 is 5.42. The molecule has 2 aliphatic rings. The summed E-state index contributed by atoms with van der Waals surface area (Å²) in [5.74, 6) is 0. The quantitative estimate of drug-likeness (QED) is 0.711. The van der Waals surface area contributed by atoms with E-state index in [2.05, 4.69) is 25.7 Å². The minimum Gasteiger partial charge on any atom is -0.299 e. The van der Waals surface area contributed by atoms with E-state index in [1.807, 2.05) is 0 Å². The first kappa shape index (κ1) is 12.4. The molecule has 0 aromatic rings. The Morgan fingerprint density at radius 2 is 2.06 bits per heavy atom. The lowest BCUT2D eigenvalue weighted by atomic mass is 9.65. The fraction of sp³-hybridized carbons (Fsp3) is 0.923. The number of likely N-dealkylation sites (tertiary alicyclic amines) is 1. The highest BCUT2D eigenvalue weighted by Gasteiger charge is 2.49. The summed E-state index contributed by atoms with van der Waals surface area (Å²) in [6, 6.07) is 0.671. The van der Waals surface area contributed by atoms with Crippen LogP contribution in [0.4, 0.5) is 0 Å². The van der Waals surface area contributed by atoms with Crippen LogP contribution in [-0.2, 0) is 4.79 Å². The number of carbonyl (C=O) groups excluding carboxylic acids is 1. The van der Waals surface area contributed by atoms with Gasteiger partial charge in [0.25, 0.3) is 0 Å². The number of fused-ring (bicyclic) bond motifs is 2. The van der Waals surface area contributed by atoms with Crippen molar-refractivity contribution in [1.29, 1.82) is 0 Å². The maximum Gasteiger partial charge on any atom is 0.222 e. The summed E-state index contributed by atoms with van der Waals surface area (Å²) in [6.07, 6.45) is 4.36. The first-order valence-corrected chi connectivity index (χ1v) is 6.60. The fourth-order valence-corrected chi connectivity index (χ4v) is 4.15. The zero-order valence-corrected chi connectivity index (χ0v) is 11.3. The van der Waals surface area contributed by atoms with Crippen molar-refractivity contribution in [1.82, 2.24) is 4.90 Å². The predicted octanol–water partition coefficient (Wildman–Crippen LogP) is 3.04. The molecular formula is C13H22ClNO. The highest BCUT2D eigenvalue weighted by molar-refractivity contribution is 6.63. The lowest BCUT2D eigenvalue weighted by Gasteiger charge is -2.39. The van der Waals surface area contributed by atoms with Gasteiger partial charge in [-0.2, -0.15) is 0 Å². The second kappa shape index (κ2) is 3.99. The molecule has 2 bridgehead atoms. The zero-order valence-electron chi connectivity index (χ0n) is 10.6. The Kier molecular flexibility index (Phi) is 3.09. The lowest BCUT2D eigenvalue weighted by molar-refractivity contribution is -0.112. The van der Waals surface area contributed by atoms with Crippen molar-refractivity contribution in [2.75, 3.05) is 13.1 Å². The summed E-state index contributed by atoms with van der Waals surface area (Å²) in [4.78, 5) is 13.3. The third kappa shape index (κ3) is 2.60. The summed E-state index contributed by atoms with van der Waals surface area (Å²) in [5, 5.41) is -0.203. The first-order valence-electron chi connectivity index (χ1n) is 6.22. The molecule has 0 amide bonds. The smallest absolute Gasteiger partial charge is 0.222 e. The molecule has 0 N–H and O–H groups in total. The van der Waals surface area contributed by atoms with Crippen molar-refractivity contribution >= 4 is 16.8 Å². The average Bonchev–Trinajstić information content (AvgIpc) is 2.31. The highest BCUT2D eigenvalue weighted by atomic mass is 35.5. The monoisotopic (exact) mass is 243 g/mol. The van der Waals surface area contributed by atoms with Crippen LogP contribution in [0.15, 0.2) is 0 Å². The molecule has 2 rings (SSSR count). The van der Waals surface area contributed by atoms with E-state index in [1.54, 1.807) is 0 Å². The van der Waals surface area contributed by atoms with E-state index in [9.17, 15) is 4.79 Å². The van der Waals surface area contributed by atoms with Crippen molar-refractivity contribution in [2.45, 2.75) is 52.5 Å². The summed E-state index contributed by atoms with van der Waals surface area (Å²) < 4.78 is 0. The molecule has 1 saturated heterocycles. The van der Waals surface area contributed by atoms with E-state index >= 15 is 0 Å². The van der Waals surface area contributed by atoms with Crippen LogP contribution in [0.5, 0.6) is 0 Å². The van der Waals surface area contributed by atoms with Gasteiger partial charge in [0.15, 0.2) is 0 Å². The van der Waals surface area contributed by atoms with Crippen LogP contribution < -0.4 is 0 Å². The number of rotatable bonds is 3. The van der Waals surface area contributed by atoms with Gasteiger partial charge in [-0.15, -0.1) is 0 Å². The van der Waals surface area contributed by atoms with Crippen LogP contribution >= 0.6 is 11.6 Å². The van der Waals surface area contributed by atoms with Gasteiger partial charge in [-0.3, -0.25) is 9.69 Å². The molecule has 1 aliphatic carbocycles. The van der Waals surface area contributed by atoms with Gasteiger partial charge in [-0.05, 0) is 41.7 Å². The molecule has 2 atom stereocenters. The summed E-state index contributed by atoms with van der Waals surface area (Å²) in [7, 11) is 0. The van der Waals surface area contributed by atoms with E-state index in [0.29, 0.717) is 23.3 Å². The van der Waals surface area contributed by atoms with Gasteiger partial charge in [0, 0.05) is 25.6 Å². The Hall–Kier alpha value is -0.0800. The van der Waals surface area contributed by atoms with Gasteiger partial charge >= 0.3 is 0 Å². The van der Waals surface area contributed by atoms with Gasteiger partial charge < -0.3 is 0 Å². The van der Waals surface area contributed by atoms with Crippen molar-refractivity contribution in [2.24, 2.45) is 10.8 Å². The van der Waals surface area contributed by atoms with Gasteiger partial charge in [0.1, 0.15) is 0 Å². The molecule has 2 nitrogen and oxygen atoms in total. The Bertz CT molecular complexity index is 302. The zero-order chi connectivity index (χ0) is 12.0. The van der Waals surface area contributed by atoms with Crippen LogP contribution in [0.1, 0.15) is 46.5 Å². The molecule has 0 aromatic carbocycles. The largest absolute Gasteiger partial charge is 0.299 e. The van der Waals surface area contributed by atoms with Crippen LogP contribution in [0.25, 0.3) is 0 Å². The predicted molar refractivity (Wildman–Crippen MR) is 66.6 cm³/mol. The number of halogens is 1. The SMILES string of the molecule is CC1(C)CC2CC(C)(CN2CCC(=O)Cl)C1. The van der Waals surface area contributed by atoms with Crippen molar-refractivity contribution in [3.8, 4) is 0 Å². The molecule has 1 aliphatic heterocycles. The van der Waals surface area contributed by atoms with Crippen molar-refractivity contribution < 1.29 is 4.79 Å². The van der Waals surface area contributed by atoms with E-state index in [-0.39, 0.29) is 5.24 Å². The molecule has 1 saturated carbocycles. The average molecular weight is 244 g/mol. The topological polar surface area (TPSA) is 20.3 Å². The molecule has 3 heteroatoms. The molecule has 16 heavy (non-hydrogen) atoms. The Morgan fingerprint density at radius 3 is 2.69 bits per heavy atom. The maximum absolute atomic E-state index is 10.8. The number of hydrogen-bond acceptors (Lipinski definition) is 2. The highest BCUT2D eigenvalue weighted by Crippen LogP contribution is 2.52. The Balaban J connectivity index is 2.02. The minimum atomic E-state index is -0.203. The molecule has 0 radical (unpaired) electrons. The van der Waals surface area contributed by atoms with Crippen LogP contribution in [0.3, 0.4) is 0 Å². The molecule has 1 heterocycles. The summed E-state index contributed by atoms with van der Waals surface area (Å²) in [6.45, 7) is 9.12. The standard InChI is InChI=1S/C13H22ClNO/c1-12(2)6-10-7-13(3,8-12)9-15(10)5-4-11(14)16/h10H,4-9H2,1-3H3. The fourth-order valence-electron chi connectivity index (χ4n) is 4.07. The molecule has 2 unspecified atom stereocenters. The van der Waals surface area contributed by atoms with E-state index in [4.69, 9.17) is 11.6 Å². The third-order valence-electron chi connectivity index (χ3n) is 4.12. The van der Waals surface area contributed by atoms with E-state index < -0.39 is 0 Å². The van der Waals surface area contributed by atoms with Gasteiger partial charge in [-0.1, -0.05) is 20.8 Å². The second-order valence-electron chi connectivity index (χ2n) is 6.79. The van der Waals surface area contributed by atoms with Crippen LogP contribution in [-0.4, -0.2) is 29.3 Å². The third-order valence-corrected chi connectivity index (χ3v) is 4.31. The number of hydrogen-bond donors (Lipinski definition) is 0. The van der Waals surface area contributed by atoms with Gasteiger partial charge in [-0.25, -0.2) is 0 Å². The summed E-state index contributed by atoms with van der Waals surface area (Å²) in [5.41, 5.74) is 0.916. The minimum absolute atomic E-state index is 0.203. The molecule has 0 spiro atoms. The Morgan fingerprint density at radius 1 is 1.38 bits per heavy atom. The maximum atomic E-state index is 10.8. The van der Waals surface area contributed by atoms with E-state index in [0.717, 1.165) is 13.1 Å². The first-order chi connectivity index (χ1) is 7.30. The molecule has 0 aromatic heterocycles. The van der Waals surface area contributed by atoms with Crippen LogP contribution in [0.2, 0.25) is 0 Å². The van der Waals surface area contributed by atoms with Gasteiger partial charge in [0.05, 0.1) is 0 Å². The van der Waals surface area contributed by atoms with E-state index in [1.165, 1.54) is 19.3 Å². The van der Waals surface area contributed by atoms with Crippen LogP contribution in [0, 0.1) is 10.8 Å². The number of carbonyl (C=O) groups is 1. The number of nitrogens with zero attached hydrogens (tertiary/aromatic N) is 1. The Labute approximate surface area is 103 Å². The molecule has 2 fully saturated rings. The molecular weight excluding hydrogens is 222 g/mol. The normalized spacial score (nSPS) is 37.6. The van der Waals surface area contributed by atoms with Crippen molar-refractivity contribution in [3.05, 3.63) is 0 Å². The van der Waals surface area contributed by atoms with Gasteiger partial charge in [0.2, 0.25) is 5.24 Å². The van der Waals surface area contributed by atoms with Crippen molar-refractivity contribution in [3.63, 3.8) is 0 Å². The lowest BCUT2D eigenvalue weighted by Crippen LogP contribution is -2.35.